The molecule has 5 amide bonds. The third-order valence-corrected chi connectivity index (χ3v) is 16.1. The first-order valence-corrected chi connectivity index (χ1v) is 31.9. The number of para-hydroxylation sites is 3. The summed E-state index contributed by atoms with van der Waals surface area (Å²) in [5.74, 6) is 0.182. The Balaban J connectivity index is 0.000000202. The Kier molecular flexibility index (Phi) is 27.7. The first kappa shape index (κ1) is 69.2. The number of fused-ring (bicyclic) bond motifs is 6. The van der Waals surface area contributed by atoms with Crippen molar-refractivity contribution in [2.24, 2.45) is 0 Å². The van der Waals surface area contributed by atoms with E-state index in [1.54, 1.807) is 6.92 Å². The summed E-state index contributed by atoms with van der Waals surface area (Å²) in [6.45, 7) is 24.5. The van der Waals surface area contributed by atoms with Gasteiger partial charge in [-0.2, -0.15) is 0 Å². The summed E-state index contributed by atoms with van der Waals surface area (Å²) in [5, 5.41) is 5.48. The average Bonchev–Trinajstić information content (AvgIpc) is 4.08. The van der Waals surface area contributed by atoms with Crippen molar-refractivity contribution in [3.05, 3.63) is 161 Å². The fourth-order valence-corrected chi connectivity index (χ4v) is 11.2. The quantitative estimate of drug-likeness (QED) is 0.0519. The number of aryl methyl sites for hydroxylation is 6. The second kappa shape index (κ2) is 35.2. The molecule has 6 aromatic carbocycles. The van der Waals surface area contributed by atoms with Crippen LogP contribution in [0.5, 0.6) is 0 Å². The van der Waals surface area contributed by atoms with Crippen LogP contribution in [0.1, 0.15) is 121 Å². The Labute approximate surface area is 527 Å². The smallest absolute Gasteiger partial charge is 0.411 e. The van der Waals surface area contributed by atoms with Crippen LogP contribution >= 0.6 is 11.6 Å². The van der Waals surface area contributed by atoms with Gasteiger partial charge in [0.1, 0.15) is 0 Å². The second-order valence-electron chi connectivity index (χ2n) is 21.8. The molecule has 0 aliphatic carbocycles. The number of nitrogens with one attached hydrogen (secondary N) is 2. The van der Waals surface area contributed by atoms with Crippen LogP contribution in [-0.4, -0.2) is 115 Å². The molecule has 0 fully saturated rings. The monoisotopic (exact) mass is 1220 g/mol. The molecule has 470 valence electrons. The molecule has 0 saturated heterocycles. The minimum Gasteiger partial charge on any atom is -0.450 e. The molecule has 0 aromatic heterocycles. The molecule has 9 rings (SSSR count). The van der Waals surface area contributed by atoms with Crippen molar-refractivity contribution in [2.75, 3.05) is 96.6 Å². The molecule has 16 nitrogen and oxygen atoms in total. The zero-order valence-corrected chi connectivity index (χ0v) is 54.0. The lowest BCUT2D eigenvalue weighted by molar-refractivity contribution is -0.119. The van der Waals surface area contributed by atoms with Crippen LogP contribution in [0.3, 0.4) is 0 Å². The highest BCUT2D eigenvalue weighted by Crippen LogP contribution is 2.41. The number of hydrogen-bond acceptors (Lipinski definition) is 11. The molecule has 0 spiro atoms. The summed E-state index contributed by atoms with van der Waals surface area (Å²) < 4.78 is 4.99. The van der Waals surface area contributed by atoms with E-state index in [-0.39, 0.29) is 28.9 Å². The van der Waals surface area contributed by atoms with Crippen LogP contribution in [0.4, 0.5) is 56.0 Å². The molecule has 4 N–H and O–H groups in total. The van der Waals surface area contributed by atoms with Gasteiger partial charge in [0.2, 0.25) is 28.9 Å². The maximum Gasteiger partial charge on any atom is 0.411 e. The molecule has 3 aliphatic rings. The number of hydrogen-bond donors (Lipinski definition) is 3. The number of nitrogens with zero attached hydrogens (tertiary/aromatic N) is 6. The molecule has 88 heavy (non-hydrogen) atoms. The number of rotatable bonds is 19. The Morgan fingerprint density at radius 1 is 0.432 bits per heavy atom. The van der Waals surface area contributed by atoms with Crippen LogP contribution in [-0.2, 0) is 67.2 Å². The van der Waals surface area contributed by atoms with Crippen molar-refractivity contribution in [1.29, 1.82) is 0 Å². The SMILES string of the molecule is CCCC(=O)Cl.CCCC(=O)Nc1ccc2c(c1)N(C(=O)CN(CC)CC)c1ccccc1CC2.CCN(CC)CC(=O)N1c2ccccc2CCc2ccc(N)cc21.CCOC(=O)Nc1ccc2c(c1)N(C(=O)CN(CC)CC)c1ccccc1CC2. The topological polar surface area (TPSA) is 181 Å². The molecular weight excluding hydrogens is 1130 g/mol. The predicted octanol–water partition coefficient (Wildman–Crippen LogP) is 13.8. The van der Waals surface area contributed by atoms with Crippen molar-refractivity contribution in [3.8, 4) is 0 Å². The summed E-state index contributed by atoms with van der Waals surface area (Å²) in [6, 6.07) is 41.9. The zero-order valence-electron chi connectivity index (χ0n) is 53.3. The number of nitrogens with two attached hydrogens (primary N) is 1. The second-order valence-corrected chi connectivity index (χ2v) is 22.2. The number of nitrogen functional groups attached to an aromatic ring is 1. The van der Waals surface area contributed by atoms with Crippen molar-refractivity contribution in [1.82, 2.24) is 14.7 Å². The Bertz CT molecular complexity index is 3160. The number of anilines is 9. The molecule has 0 atom stereocenters. The minimum atomic E-state index is -0.498. The fraction of sp³-hybridized carbons (Fsp3) is 0.408. The largest absolute Gasteiger partial charge is 0.450 e. The van der Waals surface area contributed by atoms with Gasteiger partial charge in [0.25, 0.3) is 0 Å². The number of likely N-dealkylation sites (N-methyl/N-ethyl adjacent to an activating group) is 3. The highest BCUT2D eigenvalue weighted by Gasteiger charge is 2.30. The van der Waals surface area contributed by atoms with E-state index in [1.165, 1.54) is 16.7 Å². The molecule has 3 heterocycles. The van der Waals surface area contributed by atoms with Gasteiger partial charge >= 0.3 is 6.09 Å². The molecule has 0 radical (unpaired) electrons. The van der Waals surface area contributed by atoms with Crippen molar-refractivity contribution >= 4 is 97.8 Å². The van der Waals surface area contributed by atoms with Crippen LogP contribution in [0.2, 0.25) is 0 Å². The van der Waals surface area contributed by atoms with Crippen molar-refractivity contribution < 1.29 is 33.5 Å². The Morgan fingerprint density at radius 2 is 0.761 bits per heavy atom. The predicted molar refractivity (Wildman–Crippen MR) is 360 cm³/mol. The molecular formula is C71H92ClN9O7. The molecule has 6 aromatic rings. The van der Waals surface area contributed by atoms with Crippen LogP contribution in [0, 0.1) is 0 Å². The van der Waals surface area contributed by atoms with E-state index < -0.39 is 6.09 Å². The maximum absolute atomic E-state index is 13.4. The van der Waals surface area contributed by atoms with E-state index in [0.717, 1.165) is 147 Å². The third kappa shape index (κ3) is 19.1. The van der Waals surface area contributed by atoms with E-state index in [2.05, 4.69) is 85.1 Å². The van der Waals surface area contributed by atoms with Gasteiger partial charge in [-0.25, -0.2) is 4.79 Å². The fourth-order valence-electron chi connectivity index (χ4n) is 11.0. The summed E-state index contributed by atoms with van der Waals surface area (Å²) in [7, 11) is 0. The van der Waals surface area contributed by atoms with Crippen LogP contribution in [0.15, 0.2) is 127 Å². The van der Waals surface area contributed by atoms with E-state index in [9.17, 15) is 28.8 Å². The van der Waals surface area contributed by atoms with Gasteiger partial charge in [-0.3, -0.25) is 58.7 Å². The molecule has 3 aliphatic heterocycles. The number of halogens is 1. The zero-order chi connectivity index (χ0) is 63.7. The highest BCUT2D eigenvalue weighted by molar-refractivity contribution is 6.63. The Hall–Kier alpha value is -7.89. The van der Waals surface area contributed by atoms with Gasteiger partial charge < -0.3 is 15.8 Å². The first-order chi connectivity index (χ1) is 42.5. The lowest BCUT2D eigenvalue weighted by Gasteiger charge is -2.28. The van der Waals surface area contributed by atoms with Crippen molar-refractivity contribution in [3.63, 3.8) is 0 Å². The molecule has 0 unspecified atom stereocenters. The summed E-state index contributed by atoms with van der Waals surface area (Å²) in [5.41, 5.74) is 20.4. The highest BCUT2D eigenvalue weighted by atomic mass is 35.5. The molecule has 17 heteroatoms. The van der Waals surface area contributed by atoms with E-state index >= 15 is 0 Å². The molecule has 0 bridgehead atoms. The summed E-state index contributed by atoms with van der Waals surface area (Å²) >= 11 is 4.94. The van der Waals surface area contributed by atoms with Crippen LogP contribution in [0.25, 0.3) is 0 Å². The number of carbonyl (C=O) groups is 6. The average molecular weight is 1220 g/mol. The van der Waals surface area contributed by atoms with Gasteiger partial charge in [0, 0.05) is 29.9 Å². The minimum absolute atomic E-state index is 0.00231. The lowest BCUT2D eigenvalue weighted by Crippen LogP contribution is -2.38. The van der Waals surface area contributed by atoms with Gasteiger partial charge in [0.05, 0.1) is 60.4 Å². The van der Waals surface area contributed by atoms with Gasteiger partial charge in [-0.15, -0.1) is 0 Å². The number of benzene rings is 6. The van der Waals surface area contributed by atoms with Gasteiger partial charge in [-0.1, -0.05) is 128 Å². The maximum atomic E-state index is 13.4. The van der Waals surface area contributed by atoms with Crippen molar-refractivity contribution in [2.45, 2.75) is 127 Å². The number of carbonyl (C=O) groups excluding carboxylic acids is 6. The third-order valence-electron chi connectivity index (χ3n) is 15.9. The molecule has 0 saturated carbocycles. The van der Waals surface area contributed by atoms with Gasteiger partial charge in [0.15, 0.2) is 0 Å². The van der Waals surface area contributed by atoms with Crippen LogP contribution < -0.4 is 31.1 Å². The number of amides is 5. The standard InChI is InChI=1S/C24H31N3O2.C23H29N3O3.C20H25N3O.C4H7ClO/c1-4-9-23(28)25-20-15-14-19-13-12-18-10-7-8-11-21(18)27(22(19)16-20)24(29)17-26(5-2)6-3;1-4-25(5-2)16-22(27)26-20-10-8-7-9-17(20)11-12-18-13-14-19(15-21(18)26)24-23(28)29-6-3;1-3-22(4-2)14-20(24)23-18-8-6-5-7-15(18)9-10-16-11-12-17(21)13-19(16)23;1-2-3-4(5)6/h7-8,10-11,14-16H,4-6,9,12-13,17H2,1-3H3,(H,25,28);7-10,13-15H,4-6,11-12,16H2,1-3H3,(H,24,28);5-8,11-13H,3-4,9-10,14,21H2,1-2H3;2-3H2,1H3. The first-order valence-electron chi connectivity index (χ1n) is 31.5. The number of ether oxygens (including phenoxy) is 1. The summed E-state index contributed by atoms with van der Waals surface area (Å²) in [4.78, 5) is 85.7. The summed E-state index contributed by atoms with van der Waals surface area (Å²) in [6.07, 6.45) is 7.45. The Morgan fingerprint density at radius 3 is 1.09 bits per heavy atom. The van der Waals surface area contributed by atoms with E-state index in [4.69, 9.17) is 22.1 Å². The van der Waals surface area contributed by atoms with E-state index in [0.29, 0.717) is 50.5 Å². The van der Waals surface area contributed by atoms with E-state index in [1.807, 2.05) is 138 Å². The normalized spacial score (nSPS) is 12.7. The van der Waals surface area contributed by atoms with Gasteiger partial charge in [-0.05, 0) is 197 Å². The lowest BCUT2D eigenvalue weighted by atomic mass is 10.0.